The van der Waals surface area contributed by atoms with Crippen molar-refractivity contribution >= 4 is 0 Å². The molecule has 192 valence electrons. The molecule has 5 fully saturated rings. The molecule has 5 saturated heterocycles. The Labute approximate surface area is 195 Å². The van der Waals surface area contributed by atoms with Gasteiger partial charge in [0.05, 0.1) is 25.4 Å². The van der Waals surface area contributed by atoms with Crippen molar-refractivity contribution in [2.24, 2.45) is 11.8 Å². The molecule has 10 unspecified atom stereocenters. The van der Waals surface area contributed by atoms with E-state index >= 15 is 0 Å². The van der Waals surface area contributed by atoms with E-state index in [2.05, 4.69) is 6.92 Å². The molecule has 2 N–H and O–H groups in total. The lowest BCUT2D eigenvalue weighted by Gasteiger charge is -2.27. The molecule has 10 atom stereocenters. The first-order valence-electron chi connectivity index (χ1n) is 11.8. The van der Waals surface area contributed by atoms with Crippen LogP contribution in [0.2, 0.25) is 0 Å². The van der Waals surface area contributed by atoms with Crippen molar-refractivity contribution < 1.29 is 48.1 Å². The molecule has 0 amide bonds. The van der Waals surface area contributed by atoms with Crippen molar-refractivity contribution in [2.45, 2.75) is 122 Å². The fraction of sp³-hybridized carbons (Fsp3) is 1.00. The van der Waals surface area contributed by atoms with Gasteiger partial charge in [-0.2, -0.15) is 0 Å². The summed E-state index contributed by atoms with van der Waals surface area (Å²) in [6.07, 6.45) is -2.26. The lowest BCUT2D eigenvalue weighted by molar-refractivity contribution is -0.226. The van der Waals surface area contributed by atoms with Crippen molar-refractivity contribution in [1.82, 2.24) is 0 Å². The first-order valence-corrected chi connectivity index (χ1v) is 11.8. The Kier molecular flexibility index (Phi) is 6.94. The molecule has 0 aromatic carbocycles. The average Bonchev–Trinajstić information content (AvgIpc) is 3.45. The van der Waals surface area contributed by atoms with E-state index in [1.54, 1.807) is 0 Å². The first kappa shape index (κ1) is 25.7. The van der Waals surface area contributed by atoms with Crippen LogP contribution in [0.15, 0.2) is 0 Å². The maximum absolute atomic E-state index is 9.53. The fourth-order valence-corrected chi connectivity index (χ4v) is 5.22. The molecule has 5 aliphatic rings. The maximum Gasteiger partial charge on any atom is 0.187 e. The van der Waals surface area contributed by atoms with Gasteiger partial charge in [-0.05, 0) is 41.5 Å². The van der Waals surface area contributed by atoms with E-state index in [4.69, 9.17) is 43.0 Å². The fourth-order valence-electron chi connectivity index (χ4n) is 5.22. The van der Waals surface area contributed by atoms with Crippen LogP contribution in [0.3, 0.4) is 0 Å². The van der Waals surface area contributed by atoms with Crippen molar-refractivity contribution in [3.8, 4) is 0 Å². The van der Waals surface area contributed by atoms with Gasteiger partial charge < -0.3 is 48.1 Å². The molecule has 5 aliphatic heterocycles. The lowest BCUT2D eigenvalue weighted by Crippen LogP contribution is -2.37. The Morgan fingerprint density at radius 2 is 1.27 bits per heavy atom. The van der Waals surface area contributed by atoms with Gasteiger partial charge in [0.25, 0.3) is 0 Å². The van der Waals surface area contributed by atoms with Gasteiger partial charge in [-0.15, -0.1) is 0 Å². The van der Waals surface area contributed by atoms with Crippen LogP contribution in [0.4, 0.5) is 0 Å². The number of hydrogen-bond acceptors (Lipinski definition) is 10. The van der Waals surface area contributed by atoms with Gasteiger partial charge in [0.2, 0.25) is 0 Å². The van der Waals surface area contributed by atoms with E-state index in [1.165, 1.54) is 0 Å². The summed E-state index contributed by atoms with van der Waals surface area (Å²) in [5.41, 5.74) is 0. The van der Waals surface area contributed by atoms with Crippen LogP contribution in [-0.2, 0) is 37.9 Å². The van der Waals surface area contributed by atoms with Gasteiger partial charge in [-0.1, -0.05) is 13.8 Å². The van der Waals surface area contributed by atoms with Gasteiger partial charge in [-0.25, -0.2) is 0 Å². The maximum atomic E-state index is 9.53. The molecule has 5 heterocycles. The highest BCUT2D eigenvalue weighted by Gasteiger charge is 2.56. The number of aliphatic hydroxyl groups excluding tert-OH is 2. The second-order valence-electron chi connectivity index (χ2n) is 11.0. The normalized spacial score (nSPS) is 47.6. The van der Waals surface area contributed by atoms with Gasteiger partial charge in [0.15, 0.2) is 29.9 Å². The van der Waals surface area contributed by atoms with E-state index < -0.39 is 35.9 Å². The van der Waals surface area contributed by atoms with Crippen LogP contribution in [-0.4, -0.2) is 90.0 Å². The van der Waals surface area contributed by atoms with Crippen molar-refractivity contribution in [3.63, 3.8) is 0 Å². The van der Waals surface area contributed by atoms with E-state index in [1.807, 2.05) is 48.5 Å². The van der Waals surface area contributed by atoms with Crippen LogP contribution < -0.4 is 0 Å². The molecule has 0 radical (unpaired) electrons. The molecule has 0 saturated carbocycles. The molecule has 0 aliphatic carbocycles. The third-order valence-electron chi connectivity index (χ3n) is 6.79. The van der Waals surface area contributed by atoms with Crippen molar-refractivity contribution in [2.75, 3.05) is 13.2 Å². The summed E-state index contributed by atoms with van der Waals surface area (Å²) in [4.78, 5) is 0. The molecule has 5 rings (SSSR count). The third kappa shape index (κ3) is 5.25. The monoisotopic (exact) mass is 476 g/mol. The van der Waals surface area contributed by atoms with Crippen LogP contribution in [0.1, 0.15) is 55.4 Å². The summed E-state index contributed by atoms with van der Waals surface area (Å²) in [5, 5.41) is 18.4. The Balaban J connectivity index is 0.000000160. The summed E-state index contributed by atoms with van der Waals surface area (Å²) in [5.74, 6) is -1.45. The number of aliphatic hydroxyl groups is 2. The highest BCUT2D eigenvalue weighted by atomic mass is 16.8. The quantitative estimate of drug-likeness (QED) is 0.621. The highest BCUT2D eigenvalue weighted by molar-refractivity contribution is 4.96. The topological polar surface area (TPSA) is 114 Å². The minimum Gasteiger partial charge on any atom is -0.394 e. The number of ether oxygens (including phenoxy) is 8. The molecular formula is C23H40O10. The first-order chi connectivity index (χ1) is 15.2. The number of rotatable bonds is 3. The largest absolute Gasteiger partial charge is 0.394 e. The van der Waals surface area contributed by atoms with Crippen molar-refractivity contribution in [1.29, 1.82) is 0 Å². The minimum atomic E-state index is -0.874. The zero-order valence-corrected chi connectivity index (χ0v) is 20.8. The van der Waals surface area contributed by atoms with E-state index in [-0.39, 0.29) is 49.1 Å². The SMILES string of the molecule is CC1C(C(O)CO)OC2OC(C)(C)OC21.CC1C(C2COC(C)(C)O2)OC2OC(C)(C)OC21. The molecule has 0 bridgehead atoms. The number of fused-ring (bicyclic) bond motifs is 2. The molecular weight excluding hydrogens is 436 g/mol. The van der Waals surface area contributed by atoms with Gasteiger partial charge in [-0.3, -0.25) is 0 Å². The predicted molar refractivity (Wildman–Crippen MR) is 114 cm³/mol. The van der Waals surface area contributed by atoms with E-state index in [0.29, 0.717) is 6.61 Å². The van der Waals surface area contributed by atoms with E-state index in [0.717, 1.165) is 0 Å². The molecule has 0 spiro atoms. The third-order valence-corrected chi connectivity index (χ3v) is 6.79. The molecule has 33 heavy (non-hydrogen) atoms. The average molecular weight is 477 g/mol. The zero-order chi connectivity index (χ0) is 24.3. The molecule has 0 aromatic rings. The number of hydrogen-bond donors (Lipinski definition) is 2. The Morgan fingerprint density at radius 3 is 1.73 bits per heavy atom. The van der Waals surface area contributed by atoms with Gasteiger partial charge in [0.1, 0.15) is 24.4 Å². The van der Waals surface area contributed by atoms with E-state index in [9.17, 15) is 5.11 Å². The van der Waals surface area contributed by atoms with Crippen LogP contribution in [0, 0.1) is 11.8 Å². The second-order valence-corrected chi connectivity index (χ2v) is 11.0. The summed E-state index contributed by atoms with van der Waals surface area (Å²) < 4.78 is 45.8. The van der Waals surface area contributed by atoms with Crippen LogP contribution in [0.5, 0.6) is 0 Å². The summed E-state index contributed by atoms with van der Waals surface area (Å²) in [6, 6.07) is 0. The Bertz CT molecular complexity index is 697. The lowest BCUT2D eigenvalue weighted by atomic mass is 9.97. The molecule has 10 heteroatoms. The highest BCUT2D eigenvalue weighted by Crippen LogP contribution is 2.44. The Morgan fingerprint density at radius 1 is 0.727 bits per heavy atom. The molecule has 10 nitrogen and oxygen atoms in total. The summed E-state index contributed by atoms with van der Waals surface area (Å²) in [7, 11) is 0. The Hall–Kier alpha value is -0.400. The predicted octanol–water partition coefficient (Wildman–Crippen LogP) is 1.50. The van der Waals surface area contributed by atoms with Crippen molar-refractivity contribution in [3.05, 3.63) is 0 Å². The smallest absolute Gasteiger partial charge is 0.187 e. The minimum absolute atomic E-state index is 0.0129. The zero-order valence-electron chi connectivity index (χ0n) is 20.8. The summed E-state index contributed by atoms with van der Waals surface area (Å²) in [6.45, 7) is 15.6. The van der Waals surface area contributed by atoms with Crippen LogP contribution >= 0.6 is 0 Å². The second kappa shape index (κ2) is 8.92. The van der Waals surface area contributed by atoms with Crippen LogP contribution in [0.25, 0.3) is 0 Å². The van der Waals surface area contributed by atoms with Gasteiger partial charge >= 0.3 is 0 Å². The summed E-state index contributed by atoms with van der Waals surface area (Å²) >= 11 is 0. The van der Waals surface area contributed by atoms with Gasteiger partial charge in [0, 0.05) is 11.8 Å². The molecule has 0 aromatic heterocycles. The standard InChI is InChI=1S/C13H22O5.C10H18O5/c1-7-9(8-6-14-12(2,3)16-8)15-11-10(7)17-13(4,5)18-11;1-5-7(6(12)4-11)13-9-8(5)14-10(2,3)15-9/h7-11H,6H2,1-5H3;5-9,11-12H,4H2,1-3H3.